The minimum atomic E-state index is -3.79. The van der Waals surface area contributed by atoms with Crippen molar-refractivity contribution >= 4 is 32.4 Å². The highest BCUT2D eigenvalue weighted by Crippen LogP contribution is 2.32. The van der Waals surface area contributed by atoms with Crippen molar-refractivity contribution in [2.75, 3.05) is 4.72 Å². The van der Waals surface area contributed by atoms with Crippen LogP contribution in [0.3, 0.4) is 0 Å². The Morgan fingerprint density at radius 2 is 1.54 bits per heavy atom. The van der Waals surface area contributed by atoms with Crippen LogP contribution in [-0.4, -0.2) is 24.8 Å². The highest BCUT2D eigenvalue weighted by molar-refractivity contribution is 7.93. The van der Waals surface area contributed by atoms with E-state index in [4.69, 9.17) is 0 Å². The zero-order chi connectivity index (χ0) is 20.4. The van der Waals surface area contributed by atoms with Gasteiger partial charge in [0.15, 0.2) is 5.13 Å². The minimum Gasteiger partial charge on any atom is -0.347 e. The Bertz CT molecular complexity index is 1070. The number of thiazole rings is 1. The third-order valence-corrected chi connectivity index (χ3v) is 6.10. The molecule has 3 rings (SSSR count). The van der Waals surface area contributed by atoms with Crippen LogP contribution in [0.2, 0.25) is 0 Å². The lowest BCUT2D eigenvalue weighted by Gasteiger charge is -2.20. The molecule has 8 heteroatoms. The predicted molar refractivity (Wildman–Crippen MR) is 112 cm³/mol. The maximum absolute atomic E-state index is 12.8. The van der Waals surface area contributed by atoms with E-state index in [0.29, 0.717) is 10.6 Å². The fourth-order valence-corrected chi connectivity index (χ4v) is 4.62. The molecule has 0 bridgehead atoms. The fourth-order valence-electron chi connectivity index (χ4n) is 2.48. The Kier molecular flexibility index (Phi) is 5.53. The number of anilines is 1. The van der Waals surface area contributed by atoms with Gasteiger partial charge in [-0.05, 0) is 32.9 Å². The molecule has 0 aliphatic rings. The Labute approximate surface area is 168 Å². The van der Waals surface area contributed by atoms with Gasteiger partial charge in [0, 0.05) is 11.1 Å². The number of amides is 1. The molecule has 1 heterocycles. The summed E-state index contributed by atoms with van der Waals surface area (Å²) in [4.78, 5) is 17.7. The van der Waals surface area contributed by atoms with Crippen LogP contribution in [0.15, 0.2) is 65.6 Å². The second-order valence-corrected chi connectivity index (χ2v) is 9.87. The summed E-state index contributed by atoms with van der Waals surface area (Å²) >= 11 is 1.01. The molecule has 0 unspecified atom stereocenters. The fraction of sp³-hybridized carbons (Fsp3) is 0.200. The van der Waals surface area contributed by atoms with E-state index in [1.165, 1.54) is 12.1 Å². The molecular weight excluding hydrogens is 394 g/mol. The summed E-state index contributed by atoms with van der Waals surface area (Å²) in [5, 5.41) is 3.05. The molecule has 0 spiro atoms. The summed E-state index contributed by atoms with van der Waals surface area (Å²) in [6, 6.07) is 17.2. The second-order valence-electron chi connectivity index (χ2n) is 7.19. The topological polar surface area (TPSA) is 88.2 Å². The average molecular weight is 416 g/mol. The number of hydrogen-bond acceptors (Lipinski definition) is 5. The maximum Gasteiger partial charge on any atom is 0.264 e. The monoisotopic (exact) mass is 415 g/mol. The third-order valence-electron chi connectivity index (χ3n) is 3.64. The zero-order valence-electron chi connectivity index (χ0n) is 15.8. The predicted octanol–water partition coefficient (Wildman–Crippen LogP) is 4.14. The summed E-state index contributed by atoms with van der Waals surface area (Å²) in [6.07, 6.45) is 0. The Balaban J connectivity index is 2.01. The van der Waals surface area contributed by atoms with E-state index in [2.05, 4.69) is 15.0 Å². The van der Waals surface area contributed by atoms with Crippen LogP contribution in [-0.2, 0) is 10.0 Å². The SMILES string of the molecule is CC(C)(C)NC(=O)c1sc(NS(=O)(=O)c2ccccc2)nc1-c1ccccc1. The summed E-state index contributed by atoms with van der Waals surface area (Å²) in [5.74, 6) is -0.297. The van der Waals surface area contributed by atoms with Crippen molar-refractivity contribution in [3.8, 4) is 11.3 Å². The first-order valence-corrected chi connectivity index (χ1v) is 10.9. The Hall–Kier alpha value is -2.71. The number of nitrogens with zero attached hydrogens (tertiary/aromatic N) is 1. The maximum atomic E-state index is 12.8. The molecule has 1 amide bonds. The summed E-state index contributed by atoms with van der Waals surface area (Å²) < 4.78 is 27.7. The third kappa shape index (κ3) is 4.76. The van der Waals surface area contributed by atoms with E-state index in [0.717, 1.165) is 16.9 Å². The average Bonchev–Trinajstić information content (AvgIpc) is 3.05. The van der Waals surface area contributed by atoms with Gasteiger partial charge in [0.25, 0.3) is 15.9 Å². The van der Waals surface area contributed by atoms with Gasteiger partial charge >= 0.3 is 0 Å². The first-order chi connectivity index (χ1) is 13.2. The summed E-state index contributed by atoms with van der Waals surface area (Å²) in [6.45, 7) is 5.65. The number of carbonyl (C=O) groups is 1. The molecule has 1 aromatic heterocycles. The molecule has 0 aliphatic heterocycles. The van der Waals surface area contributed by atoms with Crippen LogP contribution in [0.4, 0.5) is 5.13 Å². The van der Waals surface area contributed by atoms with Crippen LogP contribution in [0.5, 0.6) is 0 Å². The van der Waals surface area contributed by atoms with Crippen molar-refractivity contribution in [1.82, 2.24) is 10.3 Å². The van der Waals surface area contributed by atoms with Crippen molar-refractivity contribution < 1.29 is 13.2 Å². The van der Waals surface area contributed by atoms with Crippen LogP contribution in [0.25, 0.3) is 11.3 Å². The molecular formula is C20H21N3O3S2. The highest BCUT2D eigenvalue weighted by Gasteiger charge is 2.25. The van der Waals surface area contributed by atoms with Crippen LogP contribution < -0.4 is 10.0 Å². The first kappa shape index (κ1) is 20.0. The first-order valence-electron chi connectivity index (χ1n) is 8.62. The van der Waals surface area contributed by atoms with Gasteiger partial charge < -0.3 is 5.32 Å². The van der Waals surface area contributed by atoms with E-state index in [9.17, 15) is 13.2 Å². The number of nitrogens with one attached hydrogen (secondary N) is 2. The molecule has 0 saturated heterocycles. The van der Waals surface area contributed by atoms with Gasteiger partial charge in [-0.15, -0.1) is 0 Å². The molecule has 2 N–H and O–H groups in total. The number of aromatic nitrogens is 1. The number of benzene rings is 2. The molecule has 28 heavy (non-hydrogen) atoms. The van der Waals surface area contributed by atoms with E-state index in [1.807, 2.05) is 51.1 Å². The van der Waals surface area contributed by atoms with Gasteiger partial charge in [-0.2, -0.15) is 0 Å². The molecule has 0 saturated carbocycles. The summed E-state index contributed by atoms with van der Waals surface area (Å²) in [5.41, 5.74) is 0.750. The van der Waals surface area contributed by atoms with Gasteiger partial charge in [0.2, 0.25) is 0 Å². The standard InChI is InChI=1S/C20H21N3O3S2/c1-20(2,3)22-18(24)17-16(14-10-6-4-7-11-14)21-19(27-17)23-28(25,26)15-12-8-5-9-13-15/h4-13H,1-3H3,(H,21,23)(H,22,24). The van der Waals surface area contributed by atoms with Crippen LogP contribution >= 0.6 is 11.3 Å². The van der Waals surface area contributed by atoms with Crippen molar-refractivity contribution in [2.24, 2.45) is 0 Å². The number of sulfonamides is 1. The zero-order valence-corrected chi connectivity index (χ0v) is 17.4. The van der Waals surface area contributed by atoms with E-state index >= 15 is 0 Å². The van der Waals surface area contributed by atoms with E-state index in [1.54, 1.807) is 18.2 Å². The lowest BCUT2D eigenvalue weighted by molar-refractivity contribution is 0.0924. The number of carbonyl (C=O) groups excluding carboxylic acids is 1. The second kappa shape index (κ2) is 7.73. The van der Waals surface area contributed by atoms with E-state index in [-0.39, 0.29) is 15.9 Å². The largest absolute Gasteiger partial charge is 0.347 e. The molecule has 0 atom stereocenters. The Morgan fingerprint density at radius 1 is 0.964 bits per heavy atom. The normalized spacial score (nSPS) is 11.8. The molecule has 6 nitrogen and oxygen atoms in total. The lowest BCUT2D eigenvalue weighted by atomic mass is 10.1. The molecule has 3 aromatic rings. The van der Waals surface area contributed by atoms with Crippen molar-refractivity contribution in [3.05, 3.63) is 65.5 Å². The lowest BCUT2D eigenvalue weighted by Crippen LogP contribution is -2.40. The molecule has 0 radical (unpaired) electrons. The van der Waals surface area contributed by atoms with Crippen molar-refractivity contribution in [1.29, 1.82) is 0 Å². The Morgan fingerprint density at radius 3 is 2.11 bits per heavy atom. The van der Waals surface area contributed by atoms with Gasteiger partial charge in [-0.25, -0.2) is 13.4 Å². The quantitative estimate of drug-likeness (QED) is 0.656. The van der Waals surface area contributed by atoms with Gasteiger partial charge in [-0.3, -0.25) is 9.52 Å². The van der Waals surface area contributed by atoms with Crippen LogP contribution in [0.1, 0.15) is 30.4 Å². The molecule has 146 valence electrons. The molecule has 2 aromatic carbocycles. The van der Waals surface area contributed by atoms with Crippen LogP contribution in [0, 0.1) is 0 Å². The highest BCUT2D eigenvalue weighted by atomic mass is 32.2. The number of hydrogen-bond donors (Lipinski definition) is 2. The summed E-state index contributed by atoms with van der Waals surface area (Å²) in [7, 11) is -3.79. The van der Waals surface area contributed by atoms with Crippen molar-refractivity contribution in [3.63, 3.8) is 0 Å². The minimum absolute atomic E-state index is 0.132. The number of rotatable bonds is 5. The molecule has 0 fully saturated rings. The van der Waals surface area contributed by atoms with Crippen molar-refractivity contribution in [2.45, 2.75) is 31.2 Å². The van der Waals surface area contributed by atoms with Gasteiger partial charge in [0.1, 0.15) is 4.88 Å². The smallest absolute Gasteiger partial charge is 0.264 e. The van der Waals surface area contributed by atoms with E-state index < -0.39 is 15.6 Å². The molecule has 0 aliphatic carbocycles. The van der Waals surface area contributed by atoms with Gasteiger partial charge in [0.05, 0.1) is 10.6 Å². The van der Waals surface area contributed by atoms with Gasteiger partial charge in [-0.1, -0.05) is 59.9 Å².